The Labute approximate surface area is 139 Å². The van der Waals surface area contributed by atoms with Crippen LogP contribution in [0.5, 0.6) is 0 Å². The molecule has 0 atom stereocenters. The van der Waals surface area contributed by atoms with Gasteiger partial charge in [-0.25, -0.2) is 9.59 Å². The molecule has 0 saturated heterocycles. The summed E-state index contributed by atoms with van der Waals surface area (Å²) in [7, 11) is 2.39. The van der Waals surface area contributed by atoms with Crippen molar-refractivity contribution in [1.29, 1.82) is 0 Å². The maximum Gasteiger partial charge on any atom is 0.337 e. The van der Waals surface area contributed by atoms with E-state index in [-0.39, 0.29) is 23.2 Å². The van der Waals surface area contributed by atoms with Crippen molar-refractivity contribution in [1.82, 2.24) is 0 Å². The monoisotopic (exact) mass is 337 g/mol. The summed E-state index contributed by atoms with van der Waals surface area (Å²) in [6, 6.07) is 3.96. The summed E-state index contributed by atoms with van der Waals surface area (Å²) in [6.07, 6.45) is 0.835. The van der Waals surface area contributed by atoms with Gasteiger partial charge in [0.25, 0.3) is 5.91 Å². The number of hydrogen-bond acceptors (Lipinski definition) is 7. The van der Waals surface area contributed by atoms with Crippen LogP contribution in [0.4, 0.5) is 5.69 Å². The smallest absolute Gasteiger partial charge is 0.337 e. The largest absolute Gasteiger partial charge is 0.465 e. The molecule has 1 aromatic rings. The lowest BCUT2D eigenvalue weighted by Gasteiger charge is -2.10. The fourth-order valence-corrected chi connectivity index (χ4v) is 1.79. The minimum Gasteiger partial charge on any atom is -0.465 e. The molecular formula is C16H19NO7. The van der Waals surface area contributed by atoms with Gasteiger partial charge in [-0.1, -0.05) is 6.92 Å². The van der Waals surface area contributed by atoms with Crippen LogP contribution in [-0.2, 0) is 23.8 Å². The van der Waals surface area contributed by atoms with Gasteiger partial charge in [0.2, 0.25) is 0 Å². The molecule has 1 rings (SSSR count). The van der Waals surface area contributed by atoms with E-state index in [9.17, 15) is 19.2 Å². The molecule has 1 aromatic carbocycles. The standard InChI is InChI=1S/C16H19NO7/c1-4-5-14(19)24-9-13(18)17-12-7-10(15(20)22-2)6-11(8-12)16(21)23-3/h6-8H,4-5,9H2,1-3H3,(H,17,18). The molecule has 0 spiro atoms. The molecule has 24 heavy (non-hydrogen) atoms. The number of rotatable bonds is 7. The van der Waals surface area contributed by atoms with Gasteiger partial charge in [-0.3, -0.25) is 9.59 Å². The van der Waals surface area contributed by atoms with Gasteiger partial charge in [-0.05, 0) is 24.6 Å². The highest BCUT2D eigenvalue weighted by Gasteiger charge is 2.15. The molecule has 130 valence electrons. The third-order valence-corrected chi connectivity index (χ3v) is 2.88. The summed E-state index contributed by atoms with van der Waals surface area (Å²) in [4.78, 5) is 46.3. The lowest BCUT2D eigenvalue weighted by atomic mass is 10.1. The van der Waals surface area contributed by atoms with Crippen molar-refractivity contribution in [3.8, 4) is 0 Å². The van der Waals surface area contributed by atoms with Crippen LogP contribution in [0, 0.1) is 0 Å². The topological polar surface area (TPSA) is 108 Å². The highest BCUT2D eigenvalue weighted by atomic mass is 16.5. The number of hydrogen-bond donors (Lipinski definition) is 1. The number of anilines is 1. The van der Waals surface area contributed by atoms with Crippen LogP contribution in [0.3, 0.4) is 0 Å². The van der Waals surface area contributed by atoms with Crippen molar-refractivity contribution in [2.75, 3.05) is 26.1 Å². The fraction of sp³-hybridized carbons (Fsp3) is 0.375. The van der Waals surface area contributed by atoms with E-state index >= 15 is 0 Å². The second kappa shape index (κ2) is 9.29. The van der Waals surface area contributed by atoms with Crippen LogP contribution in [-0.4, -0.2) is 44.6 Å². The van der Waals surface area contributed by atoms with Gasteiger partial charge in [0.05, 0.1) is 25.3 Å². The van der Waals surface area contributed by atoms with Gasteiger partial charge in [-0.2, -0.15) is 0 Å². The Morgan fingerprint density at radius 1 is 0.958 bits per heavy atom. The molecule has 0 aliphatic heterocycles. The van der Waals surface area contributed by atoms with Gasteiger partial charge < -0.3 is 19.5 Å². The molecular weight excluding hydrogens is 318 g/mol. The Morgan fingerprint density at radius 3 is 1.96 bits per heavy atom. The number of carbonyl (C=O) groups is 4. The van der Waals surface area contributed by atoms with Gasteiger partial charge in [0.1, 0.15) is 0 Å². The van der Waals surface area contributed by atoms with E-state index in [0.717, 1.165) is 0 Å². The van der Waals surface area contributed by atoms with Crippen molar-refractivity contribution in [2.45, 2.75) is 19.8 Å². The average Bonchev–Trinajstić information content (AvgIpc) is 2.58. The molecule has 0 heterocycles. The number of benzene rings is 1. The number of nitrogens with one attached hydrogen (secondary N) is 1. The Morgan fingerprint density at radius 2 is 1.50 bits per heavy atom. The normalized spacial score (nSPS) is 9.79. The van der Waals surface area contributed by atoms with E-state index in [1.165, 1.54) is 32.4 Å². The average molecular weight is 337 g/mol. The predicted molar refractivity (Wildman–Crippen MR) is 83.6 cm³/mol. The molecule has 0 aromatic heterocycles. The van der Waals surface area contributed by atoms with Crippen LogP contribution in [0.15, 0.2) is 18.2 Å². The molecule has 0 saturated carbocycles. The maximum atomic E-state index is 11.8. The number of amides is 1. The number of methoxy groups -OCH3 is 2. The molecule has 1 N–H and O–H groups in total. The third-order valence-electron chi connectivity index (χ3n) is 2.88. The first kappa shape index (κ1) is 19.1. The molecule has 8 heteroatoms. The Hall–Kier alpha value is -2.90. The molecule has 0 fully saturated rings. The maximum absolute atomic E-state index is 11.8. The zero-order valence-corrected chi connectivity index (χ0v) is 13.7. The third kappa shape index (κ3) is 5.71. The first-order valence-corrected chi connectivity index (χ1v) is 7.18. The molecule has 0 aliphatic rings. The van der Waals surface area contributed by atoms with Gasteiger partial charge in [-0.15, -0.1) is 0 Å². The van der Waals surface area contributed by atoms with Crippen molar-refractivity contribution < 1.29 is 33.4 Å². The Bertz CT molecular complexity index is 605. The zero-order chi connectivity index (χ0) is 18.1. The summed E-state index contributed by atoms with van der Waals surface area (Å²) >= 11 is 0. The minimum absolute atomic E-state index is 0.0682. The van der Waals surface area contributed by atoms with Gasteiger partial charge >= 0.3 is 17.9 Å². The molecule has 0 unspecified atom stereocenters. The van der Waals surface area contributed by atoms with Crippen LogP contribution >= 0.6 is 0 Å². The quantitative estimate of drug-likeness (QED) is 0.594. The summed E-state index contributed by atoms with van der Waals surface area (Å²) in [5, 5.41) is 2.45. The van der Waals surface area contributed by atoms with Gasteiger partial charge in [0.15, 0.2) is 6.61 Å². The van der Waals surface area contributed by atoms with E-state index in [0.29, 0.717) is 6.42 Å². The second-order valence-corrected chi connectivity index (χ2v) is 4.74. The minimum atomic E-state index is -0.675. The molecule has 1 amide bonds. The zero-order valence-electron chi connectivity index (χ0n) is 13.7. The van der Waals surface area contributed by atoms with E-state index < -0.39 is 30.4 Å². The number of ether oxygens (including phenoxy) is 3. The Balaban J connectivity index is 2.89. The van der Waals surface area contributed by atoms with Gasteiger partial charge in [0, 0.05) is 12.1 Å². The summed E-state index contributed by atoms with van der Waals surface area (Å²) in [6.45, 7) is 1.35. The van der Waals surface area contributed by atoms with E-state index in [4.69, 9.17) is 4.74 Å². The fourth-order valence-electron chi connectivity index (χ4n) is 1.79. The lowest BCUT2D eigenvalue weighted by molar-refractivity contribution is -0.147. The lowest BCUT2D eigenvalue weighted by Crippen LogP contribution is -2.21. The summed E-state index contributed by atoms with van der Waals surface area (Å²) < 4.78 is 14.0. The van der Waals surface area contributed by atoms with Crippen LogP contribution < -0.4 is 5.32 Å². The van der Waals surface area contributed by atoms with E-state index in [1.807, 2.05) is 6.92 Å². The number of carbonyl (C=O) groups excluding carboxylic acids is 4. The summed E-state index contributed by atoms with van der Waals surface area (Å²) in [5.74, 6) is -2.43. The molecule has 8 nitrogen and oxygen atoms in total. The number of esters is 3. The van der Waals surface area contributed by atoms with E-state index in [2.05, 4.69) is 14.8 Å². The first-order chi connectivity index (χ1) is 11.4. The highest BCUT2D eigenvalue weighted by molar-refractivity contribution is 5.99. The van der Waals surface area contributed by atoms with Crippen molar-refractivity contribution in [2.24, 2.45) is 0 Å². The SMILES string of the molecule is CCCC(=O)OCC(=O)Nc1cc(C(=O)OC)cc(C(=O)OC)c1. The first-order valence-electron chi connectivity index (χ1n) is 7.18. The highest BCUT2D eigenvalue weighted by Crippen LogP contribution is 2.17. The van der Waals surface area contributed by atoms with Crippen molar-refractivity contribution in [3.05, 3.63) is 29.3 Å². The van der Waals surface area contributed by atoms with Crippen molar-refractivity contribution in [3.63, 3.8) is 0 Å². The Kier molecular flexibility index (Phi) is 7.41. The van der Waals surface area contributed by atoms with Crippen LogP contribution in [0.2, 0.25) is 0 Å². The second-order valence-electron chi connectivity index (χ2n) is 4.74. The molecule has 0 aliphatic carbocycles. The van der Waals surface area contributed by atoms with Crippen molar-refractivity contribution >= 4 is 29.5 Å². The van der Waals surface area contributed by atoms with E-state index in [1.54, 1.807) is 0 Å². The van der Waals surface area contributed by atoms with Crippen LogP contribution in [0.25, 0.3) is 0 Å². The molecule has 0 bridgehead atoms. The summed E-state index contributed by atoms with van der Waals surface area (Å²) in [5.41, 5.74) is 0.312. The van der Waals surface area contributed by atoms with Crippen LogP contribution in [0.1, 0.15) is 40.5 Å². The predicted octanol–water partition coefficient (Wildman–Crippen LogP) is 1.54. The molecule has 0 radical (unpaired) electrons.